The Kier molecular flexibility index (Phi) is 38.9. The quantitative estimate of drug-likeness (QED) is 0.0354. The van der Waals surface area contributed by atoms with Gasteiger partial charge < -0.3 is 20.1 Å². The molecule has 0 rings (SSSR count). The molecule has 2 atom stereocenters. The van der Waals surface area contributed by atoms with Crippen LogP contribution in [-0.2, 0) is 32.7 Å². The van der Waals surface area contributed by atoms with Gasteiger partial charge >= 0.3 is 19.8 Å². The van der Waals surface area contributed by atoms with Crippen molar-refractivity contribution in [3.8, 4) is 0 Å². The fourth-order valence-corrected chi connectivity index (χ4v) is 7.23. The van der Waals surface area contributed by atoms with E-state index in [0.717, 1.165) is 32.1 Å². The summed E-state index contributed by atoms with van der Waals surface area (Å²) in [6.07, 6.45) is 38.4. The van der Waals surface area contributed by atoms with Crippen molar-refractivity contribution in [1.82, 2.24) is 0 Å². The normalized spacial score (nSPS) is 13.2. The number of rotatable bonds is 42. The first-order chi connectivity index (χ1) is 25.3. The second kappa shape index (κ2) is 39.7. The van der Waals surface area contributed by atoms with Gasteiger partial charge in [0.1, 0.15) is 6.61 Å². The first-order valence-corrected chi connectivity index (χ1v) is 23.5. The van der Waals surface area contributed by atoms with Crippen LogP contribution in [0.1, 0.15) is 226 Å². The van der Waals surface area contributed by atoms with Gasteiger partial charge in [-0.25, -0.2) is 4.57 Å². The Morgan fingerprint density at radius 3 is 1.17 bits per heavy atom. The number of hydrogen-bond donors (Lipinski definition) is 2. The van der Waals surface area contributed by atoms with Crippen molar-refractivity contribution >= 4 is 19.8 Å². The van der Waals surface area contributed by atoms with E-state index in [9.17, 15) is 19.0 Å². The van der Waals surface area contributed by atoms with E-state index < -0.39 is 26.5 Å². The highest BCUT2D eigenvalue weighted by Gasteiger charge is 2.26. The van der Waals surface area contributed by atoms with Crippen LogP contribution in [0, 0.1) is 0 Å². The largest absolute Gasteiger partial charge is 0.472 e. The minimum atomic E-state index is -4.37. The number of nitrogens with two attached hydrogens (primary N) is 1. The molecule has 0 aliphatic rings. The van der Waals surface area contributed by atoms with Crippen molar-refractivity contribution in [3.05, 3.63) is 0 Å². The highest BCUT2D eigenvalue weighted by molar-refractivity contribution is 7.47. The van der Waals surface area contributed by atoms with Crippen LogP contribution < -0.4 is 5.73 Å². The molecule has 310 valence electrons. The molecule has 10 heteroatoms. The number of esters is 2. The number of hydrogen-bond acceptors (Lipinski definition) is 8. The zero-order chi connectivity index (χ0) is 38.2. The monoisotopic (exact) mass is 762 g/mol. The van der Waals surface area contributed by atoms with Crippen molar-refractivity contribution in [1.29, 1.82) is 0 Å². The van der Waals surface area contributed by atoms with Crippen LogP contribution in [-0.4, -0.2) is 49.3 Å². The molecule has 9 nitrogen and oxygen atoms in total. The van der Waals surface area contributed by atoms with Gasteiger partial charge in [-0.05, 0) is 12.8 Å². The van der Waals surface area contributed by atoms with Crippen molar-refractivity contribution in [2.75, 3.05) is 26.4 Å². The molecule has 0 amide bonds. The summed E-state index contributed by atoms with van der Waals surface area (Å²) in [7, 11) is -4.37. The minimum absolute atomic E-state index is 0.0581. The molecule has 3 N–H and O–H groups in total. The molecule has 0 aromatic rings. The third kappa shape index (κ3) is 38.7. The molecule has 52 heavy (non-hydrogen) atoms. The second-order valence-corrected chi connectivity index (χ2v) is 16.4. The molecule has 0 heterocycles. The average molecular weight is 762 g/mol. The third-order valence-electron chi connectivity index (χ3n) is 9.74. The number of ether oxygens (including phenoxy) is 2. The Balaban J connectivity index is 4.09. The molecule has 0 radical (unpaired) electrons. The van der Waals surface area contributed by atoms with Crippen LogP contribution >= 0.6 is 7.82 Å². The molecular formula is C42H84NO8P. The lowest BCUT2D eigenvalue weighted by molar-refractivity contribution is -0.161. The number of phosphoric ester groups is 1. The van der Waals surface area contributed by atoms with Crippen LogP contribution in [0.25, 0.3) is 0 Å². The summed E-state index contributed by atoms with van der Waals surface area (Å²) in [4.78, 5) is 34.8. The maximum Gasteiger partial charge on any atom is 0.472 e. The molecule has 0 aliphatic carbocycles. The van der Waals surface area contributed by atoms with Crippen molar-refractivity contribution in [2.24, 2.45) is 5.73 Å². The average Bonchev–Trinajstić information content (AvgIpc) is 3.13. The Morgan fingerprint density at radius 1 is 0.500 bits per heavy atom. The lowest BCUT2D eigenvalue weighted by atomic mass is 10.0. The van der Waals surface area contributed by atoms with Gasteiger partial charge in [-0.15, -0.1) is 0 Å². The zero-order valence-corrected chi connectivity index (χ0v) is 35.0. The standard InChI is InChI=1S/C42H84NO8P/c1-3-5-7-9-11-13-15-17-19-21-23-25-27-29-31-33-35-42(45)51-40(39-50-52(46,47)49-37-36-43)38-48-41(44)34-32-30-28-26-24-22-20-18-16-14-12-10-8-6-4-2/h40H,3-39,43H2,1-2H3,(H,46,47). The number of carbonyl (C=O) groups excluding carboxylic acids is 2. The van der Waals surface area contributed by atoms with Crippen molar-refractivity contribution < 1.29 is 37.6 Å². The third-order valence-corrected chi connectivity index (χ3v) is 10.7. The van der Waals surface area contributed by atoms with Gasteiger partial charge in [0.15, 0.2) is 6.10 Å². The molecule has 0 saturated carbocycles. The van der Waals surface area contributed by atoms with E-state index in [-0.39, 0.29) is 38.6 Å². The molecule has 0 spiro atoms. The van der Waals surface area contributed by atoms with Crippen molar-refractivity contribution in [2.45, 2.75) is 232 Å². The van der Waals surface area contributed by atoms with E-state index in [2.05, 4.69) is 13.8 Å². The van der Waals surface area contributed by atoms with Gasteiger partial charge in [-0.2, -0.15) is 0 Å². The number of carbonyl (C=O) groups is 2. The molecule has 2 unspecified atom stereocenters. The Bertz CT molecular complexity index is 830. The fourth-order valence-electron chi connectivity index (χ4n) is 6.46. The maximum absolute atomic E-state index is 12.6. The first-order valence-electron chi connectivity index (χ1n) is 22.0. The van der Waals surface area contributed by atoms with E-state index in [1.54, 1.807) is 0 Å². The highest BCUT2D eigenvalue weighted by atomic mass is 31.2. The van der Waals surface area contributed by atoms with Gasteiger partial charge in [-0.1, -0.05) is 200 Å². The summed E-state index contributed by atoms with van der Waals surface area (Å²) in [6, 6.07) is 0. The maximum atomic E-state index is 12.6. The summed E-state index contributed by atoms with van der Waals surface area (Å²) in [6.45, 7) is 3.78. The lowest BCUT2D eigenvalue weighted by Crippen LogP contribution is -2.29. The van der Waals surface area contributed by atoms with E-state index >= 15 is 0 Å². The van der Waals surface area contributed by atoms with Gasteiger partial charge in [0.2, 0.25) is 0 Å². The fraction of sp³-hybridized carbons (Fsp3) is 0.952. The SMILES string of the molecule is CCCCCCCCCCCCCCCCCCC(=O)OC(COC(=O)CCCCCCCCCCCCCCCCC)COP(=O)(O)OCCN. The van der Waals surface area contributed by atoms with Crippen molar-refractivity contribution in [3.63, 3.8) is 0 Å². The summed E-state index contributed by atoms with van der Waals surface area (Å²) >= 11 is 0. The van der Waals surface area contributed by atoms with Crippen LogP contribution in [0.5, 0.6) is 0 Å². The Labute approximate surface area is 320 Å². The lowest BCUT2D eigenvalue weighted by Gasteiger charge is -2.19. The molecule has 0 fully saturated rings. The van der Waals surface area contributed by atoms with Crippen LogP contribution in [0.15, 0.2) is 0 Å². The molecule has 0 aromatic carbocycles. The smallest absolute Gasteiger partial charge is 0.462 e. The van der Waals surface area contributed by atoms with E-state index in [1.165, 1.54) is 161 Å². The second-order valence-electron chi connectivity index (χ2n) is 14.9. The summed E-state index contributed by atoms with van der Waals surface area (Å²) in [5.74, 6) is -0.812. The zero-order valence-electron chi connectivity index (χ0n) is 34.1. The first kappa shape index (κ1) is 51.0. The summed E-state index contributed by atoms with van der Waals surface area (Å²) in [5.41, 5.74) is 5.35. The predicted molar refractivity (Wildman–Crippen MR) is 215 cm³/mol. The number of unbranched alkanes of at least 4 members (excludes halogenated alkanes) is 29. The van der Waals surface area contributed by atoms with E-state index in [4.69, 9.17) is 24.3 Å². The van der Waals surface area contributed by atoms with Gasteiger partial charge in [0.25, 0.3) is 0 Å². The molecule has 0 aliphatic heterocycles. The Morgan fingerprint density at radius 2 is 0.827 bits per heavy atom. The molecule has 0 aromatic heterocycles. The molecular weight excluding hydrogens is 677 g/mol. The van der Waals surface area contributed by atoms with E-state index in [0.29, 0.717) is 6.42 Å². The predicted octanol–water partition coefficient (Wildman–Crippen LogP) is 12.4. The van der Waals surface area contributed by atoms with E-state index in [1.807, 2.05) is 0 Å². The molecule has 0 bridgehead atoms. The number of phosphoric acid groups is 1. The molecule has 0 saturated heterocycles. The highest BCUT2D eigenvalue weighted by Crippen LogP contribution is 2.43. The van der Waals surface area contributed by atoms with Gasteiger partial charge in [-0.3, -0.25) is 18.6 Å². The topological polar surface area (TPSA) is 134 Å². The van der Waals surface area contributed by atoms with Crippen LogP contribution in [0.2, 0.25) is 0 Å². The van der Waals surface area contributed by atoms with Crippen LogP contribution in [0.4, 0.5) is 0 Å². The summed E-state index contributed by atoms with van der Waals surface area (Å²) < 4.78 is 32.8. The van der Waals surface area contributed by atoms with Gasteiger partial charge in [0, 0.05) is 19.4 Å². The Hall–Kier alpha value is -0.990. The minimum Gasteiger partial charge on any atom is -0.462 e. The summed E-state index contributed by atoms with van der Waals surface area (Å²) in [5, 5.41) is 0. The van der Waals surface area contributed by atoms with Gasteiger partial charge in [0.05, 0.1) is 13.2 Å². The van der Waals surface area contributed by atoms with Crippen LogP contribution in [0.3, 0.4) is 0 Å².